The first-order valence-electron chi connectivity index (χ1n) is 9.66. The number of hydrogen-bond acceptors (Lipinski definition) is 5. The number of aromatic nitrogens is 1. The number of pyridine rings is 1. The van der Waals surface area contributed by atoms with Crippen molar-refractivity contribution in [3.8, 4) is 5.75 Å². The maximum atomic E-state index is 13.6. The van der Waals surface area contributed by atoms with Gasteiger partial charge in [0.1, 0.15) is 10.6 Å². The highest BCUT2D eigenvalue weighted by atomic mass is 35.5. The van der Waals surface area contributed by atoms with Gasteiger partial charge in [-0.3, -0.25) is 4.98 Å². The Hall–Kier alpha value is -2.31. The second-order valence-electron chi connectivity index (χ2n) is 7.35. The van der Waals surface area contributed by atoms with Crippen molar-refractivity contribution in [3.63, 3.8) is 0 Å². The fourth-order valence-corrected chi connectivity index (χ4v) is 5.53. The zero-order valence-electron chi connectivity index (χ0n) is 16.4. The highest BCUT2D eigenvalue weighted by Crippen LogP contribution is 2.39. The molecule has 1 fully saturated rings. The number of benzene rings is 2. The van der Waals surface area contributed by atoms with Gasteiger partial charge < -0.3 is 9.64 Å². The molecule has 1 aliphatic rings. The lowest BCUT2D eigenvalue weighted by Gasteiger charge is -2.37. The fraction of sp³-hybridized carbons (Fsp3) is 0.318. The molecule has 0 amide bonds. The Balaban J connectivity index is 1.96. The van der Waals surface area contributed by atoms with Crippen LogP contribution < -0.4 is 9.64 Å². The normalized spacial score (nSPS) is 17.5. The Morgan fingerprint density at radius 2 is 1.90 bits per heavy atom. The zero-order chi connectivity index (χ0) is 20.6. The summed E-state index contributed by atoms with van der Waals surface area (Å²) in [5.74, 6) is 0.609. The number of anilines is 1. The van der Waals surface area contributed by atoms with Crippen LogP contribution in [-0.4, -0.2) is 33.1 Å². The Kier molecular flexibility index (Phi) is 5.40. The van der Waals surface area contributed by atoms with Crippen LogP contribution in [0.3, 0.4) is 0 Å². The molecule has 0 spiro atoms. The number of methoxy groups -OCH3 is 1. The summed E-state index contributed by atoms with van der Waals surface area (Å²) in [6.45, 7) is 2.94. The molecule has 4 rings (SSSR count). The van der Waals surface area contributed by atoms with Crippen LogP contribution in [0.1, 0.15) is 26.2 Å². The van der Waals surface area contributed by atoms with E-state index in [4.69, 9.17) is 16.3 Å². The average molecular weight is 431 g/mol. The van der Waals surface area contributed by atoms with Crippen LogP contribution in [0.25, 0.3) is 10.9 Å². The summed E-state index contributed by atoms with van der Waals surface area (Å²) in [6, 6.07) is 12.1. The lowest BCUT2D eigenvalue weighted by molar-refractivity contribution is 0.414. The average Bonchev–Trinajstić information content (AvgIpc) is 2.73. The van der Waals surface area contributed by atoms with Crippen LogP contribution in [-0.2, 0) is 9.84 Å². The van der Waals surface area contributed by atoms with Gasteiger partial charge in [0.2, 0.25) is 9.84 Å². The summed E-state index contributed by atoms with van der Waals surface area (Å²) in [5, 5.41) is 1.32. The highest BCUT2D eigenvalue weighted by molar-refractivity contribution is 7.91. The van der Waals surface area contributed by atoms with Gasteiger partial charge in [0.25, 0.3) is 0 Å². The van der Waals surface area contributed by atoms with Crippen LogP contribution in [0.5, 0.6) is 5.75 Å². The number of rotatable bonds is 4. The van der Waals surface area contributed by atoms with Gasteiger partial charge in [-0.1, -0.05) is 11.6 Å². The van der Waals surface area contributed by atoms with E-state index in [2.05, 4.69) is 16.8 Å². The van der Waals surface area contributed by atoms with E-state index < -0.39 is 9.84 Å². The highest BCUT2D eigenvalue weighted by Gasteiger charge is 2.30. The molecule has 0 bridgehead atoms. The molecule has 0 N–H and O–H groups in total. The molecule has 2 aromatic carbocycles. The van der Waals surface area contributed by atoms with E-state index in [9.17, 15) is 8.42 Å². The van der Waals surface area contributed by atoms with E-state index in [-0.39, 0.29) is 15.8 Å². The lowest BCUT2D eigenvalue weighted by atomic mass is 10.0. The number of hydrogen-bond donors (Lipinski definition) is 0. The van der Waals surface area contributed by atoms with Crippen molar-refractivity contribution in [3.05, 3.63) is 53.7 Å². The molecule has 1 atom stereocenters. The molecule has 7 heteroatoms. The van der Waals surface area contributed by atoms with Gasteiger partial charge in [0, 0.05) is 29.2 Å². The lowest BCUT2D eigenvalue weighted by Crippen LogP contribution is -2.38. The second-order valence-corrected chi connectivity index (χ2v) is 9.70. The van der Waals surface area contributed by atoms with Crippen molar-refractivity contribution in [1.82, 2.24) is 4.98 Å². The van der Waals surface area contributed by atoms with Gasteiger partial charge >= 0.3 is 0 Å². The van der Waals surface area contributed by atoms with E-state index >= 15 is 0 Å². The predicted molar refractivity (Wildman–Crippen MR) is 116 cm³/mol. The quantitative estimate of drug-likeness (QED) is 0.575. The number of ether oxygens (including phenoxy) is 1. The number of sulfone groups is 1. The van der Waals surface area contributed by atoms with Crippen molar-refractivity contribution in [2.45, 2.75) is 42.0 Å². The Labute approximate surface area is 176 Å². The van der Waals surface area contributed by atoms with Gasteiger partial charge in [-0.2, -0.15) is 0 Å². The van der Waals surface area contributed by atoms with E-state index in [1.165, 1.54) is 6.20 Å². The van der Waals surface area contributed by atoms with Gasteiger partial charge in [0.05, 0.1) is 23.2 Å². The molecule has 3 aromatic rings. The molecule has 5 nitrogen and oxygen atoms in total. The summed E-state index contributed by atoms with van der Waals surface area (Å²) >= 11 is 6.27. The van der Waals surface area contributed by atoms with Crippen molar-refractivity contribution >= 4 is 38.0 Å². The number of halogens is 1. The Morgan fingerprint density at radius 3 is 2.59 bits per heavy atom. The SMILES string of the molecule is COc1ccc(S(=O)(=O)c2cnc3ccc(Cl)cc3c2N2CCCC[C@H]2C)cc1. The van der Waals surface area contributed by atoms with E-state index in [1.54, 1.807) is 37.4 Å². The monoisotopic (exact) mass is 430 g/mol. The van der Waals surface area contributed by atoms with Gasteiger partial charge in [0.15, 0.2) is 0 Å². The first kappa shape index (κ1) is 20.0. The molecule has 2 heterocycles. The Morgan fingerprint density at radius 1 is 1.14 bits per heavy atom. The van der Waals surface area contributed by atoms with Gasteiger partial charge in [-0.15, -0.1) is 0 Å². The number of nitrogens with zero attached hydrogens (tertiary/aromatic N) is 2. The maximum absolute atomic E-state index is 13.6. The molecular formula is C22H23ClN2O3S. The molecule has 1 aliphatic heterocycles. The van der Waals surface area contributed by atoms with E-state index in [0.717, 1.165) is 36.7 Å². The van der Waals surface area contributed by atoms with Crippen LogP contribution in [0, 0.1) is 0 Å². The second kappa shape index (κ2) is 7.84. The summed E-state index contributed by atoms with van der Waals surface area (Å²) in [4.78, 5) is 7.06. The summed E-state index contributed by atoms with van der Waals surface area (Å²) in [6.07, 6.45) is 4.66. The van der Waals surface area contributed by atoms with Crippen molar-refractivity contribution < 1.29 is 13.2 Å². The van der Waals surface area contributed by atoms with Crippen molar-refractivity contribution in [1.29, 1.82) is 0 Å². The van der Waals surface area contributed by atoms with Crippen LogP contribution in [0.2, 0.25) is 5.02 Å². The van der Waals surface area contributed by atoms with Crippen LogP contribution in [0.15, 0.2) is 58.5 Å². The summed E-state index contributed by atoms with van der Waals surface area (Å²) in [7, 11) is -2.22. The minimum Gasteiger partial charge on any atom is -0.497 e. The summed E-state index contributed by atoms with van der Waals surface area (Å²) in [5.41, 5.74) is 1.43. The van der Waals surface area contributed by atoms with Gasteiger partial charge in [-0.25, -0.2) is 8.42 Å². The van der Waals surface area contributed by atoms with Crippen LogP contribution in [0.4, 0.5) is 5.69 Å². The molecule has 0 unspecified atom stereocenters. The number of piperidine rings is 1. The van der Waals surface area contributed by atoms with E-state index in [1.807, 2.05) is 12.1 Å². The topological polar surface area (TPSA) is 59.5 Å². The molecule has 1 saturated heterocycles. The molecule has 0 saturated carbocycles. The Bertz CT molecular complexity index is 1150. The van der Waals surface area contributed by atoms with Crippen LogP contribution >= 0.6 is 11.6 Å². The smallest absolute Gasteiger partial charge is 0.210 e. The maximum Gasteiger partial charge on any atom is 0.210 e. The minimum atomic E-state index is -3.77. The zero-order valence-corrected chi connectivity index (χ0v) is 18.0. The molecule has 152 valence electrons. The molecule has 0 aliphatic carbocycles. The number of fused-ring (bicyclic) bond motifs is 1. The third kappa shape index (κ3) is 3.67. The van der Waals surface area contributed by atoms with Gasteiger partial charge in [-0.05, 0) is 68.7 Å². The molecule has 0 radical (unpaired) electrons. The first-order valence-corrected chi connectivity index (χ1v) is 11.5. The molecular weight excluding hydrogens is 408 g/mol. The largest absolute Gasteiger partial charge is 0.497 e. The van der Waals surface area contributed by atoms with Crippen molar-refractivity contribution in [2.75, 3.05) is 18.6 Å². The third-order valence-corrected chi connectivity index (χ3v) is 7.52. The minimum absolute atomic E-state index is 0.214. The summed E-state index contributed by atoms with van der Waals surface area (Å²) < 4.78 is 32.3. The fourth-order valence-electron chi connectivity index (χ4n) is 3.94. The predicted octanol–water partition coefficient (Wildman–Crippen LogP) is 5.11. The first-order chi connectivity index (χ1) is 13.9. The van der Waals surface area contributed by atoms with Crippen molar-refractivity contribution in [2.24, 2.45) is 0 Å². The molecule has 1 aromatic heterocycles. The van der Waals surface area contributed by atoms with E-state index in [0.29, 0.717) is 16.5 Å². The standard InChI is InChI=1S/C22H23ClN2O3S/c1-15-5-3-4-12-25(15)22-19-13-16(23)6-11-20(19)24-14-21(22)29(26,27)18-9-7-17(28-2)8-10-18/h6-11,13-15H,3-5,12H2,1-2H3/t15-/m1/s1. The third-order valence-electron chi connectivity index (χ3n) is 5.52. The molecule has 29 heavy (non-hydrogen) atoms.